The number of anilines is 1. The van der Waals surface area contributed by atoms with E-state index in [0.717, 1.165) is 12.1 Å². The van der Waals surface area contributed by atoms with Crippen LogP contribution >= 0.6 is 0 Å². The first-order chi connectivity index (χ1) is 19.1. The predicted molar refractivity (Wildman–Crippen MR) is 152 cm³/mol. The van der Waals surface area contributed by atoms with Gasteiger partial charge in [0.05, 0.1) is 5.60 Å². The number of nitrogens with zero attached hydrogens (tertiary/aromatic N) is 1. The van der Waals surface area contributed by atoms with Crippen LogP contribution in [0.2, 0.25) is 0 Å². The van der Waals surface area contributed by atoms with Gasteiger partial charge in [-0.05, 0) is 81.7 Å². The number of phenols is 2. The highest BCUT2D eigenvalue weighted by molar-refractivity contribution is 6.11. The summed E-state index contributed by atoms with van der Waals surface area (Å²) >= 11 is 0. The summed E-state index contributed by atoms with van der Waals surface area (Å²) in [6, 6.07) is 12.0. The maximum Gasteiger partial charge on any atom is 0.252 e. The number of hydrogen-bond donors (Lipinski definition) is 5. The minimum absolute atomic E-state index is 0.0200. The summed E-state index contributed by atoms with van der Waals surface area (Å²) in [6.45, 7) is 7.21. The summed E-state index contributed by atoms with van der Waals surface area (Å²) in [6.07, 6.45) is 3.32. The van der Waals surface area contributed by atoms with Crippen LogP contribution in [-0.4, -0.2) is 62.8 Å². The van der Waals surface area contributed by atoms with E-state index < -0.39 is 22.8 Å². The van der Waals surface area contributed by atoms with Gasteiger partial charge in [0.1, 0.15) is 0 Å². The van der Waals surface area contributed by atoms with E-state index >= 15 is 0 Å². The second kappa shape index (κ2) is 9.63. The van der Waals surface area contributed by atoms with Gasteiger partial charge in [-0.1, -0.05) is 31.2 Å². The van der Waals surface area contributed by atoms with E-state index in [1.165, 1.54) is 18.9 Å². The fraction of sp³-hybridized carbons (Fsp3) is 0.500. The third-order valence-corrected chi connectivity index (χ3v) is 9.76. The van der Waals surface area contributed by atoms with Crippen LogP contribution in [0.1, 0.15) is 57.6 Å². The molecule has 8 heteroatoms. The largest absolute Gasteiger partial charge is 0.504 e. The van der Waals surface area contributed by atoms with Gasteiger partial charge >= 0.3 is 0 Å². The SMILES string of the molecule is CC(C)NC(=O)C1=C(C(=O)Nc2ccccc2)[C@H](C)[C@]23CCN(CC4CC4)[C@H](Cc4ccc(O)c(O)c42)[C@]3(O)C1. The van der Waals surface area contributed by atoms with E-state index in [1.807, 2.05) is 45.0 Å². The van der Waals surface area contributed by atoms with Crippen LogP contribution in [0.3, 0.4) is 0 Å². The quantitative estimate of drug-likeness (QED) is 0.354. The lowest BCUT2D eigenvalue weighted by Gasteiger charge is -2.65. The Balaban J connectivity index is 1.55. The fourth-order valence-electron chi connectivity index (χ4n) is 7.84. The highest BCUT2D eigenvalue weighted by Gasteiger charge is 2.69. The Morgan fingerprint density at radius 3 is 2.48 bits per heavy atom. The number of fused-ring (bicyclic) bond motifs is 1. The molecule has 2 aromatic rings. The highest BCUT2D eigenvalue weighted by Crippen LogP contribution is 2.64. The number of hydrogen-bond acceptors (Lipinski definition) is 6. The molecule has 3 aliphatic carbocycles. The molecule has 0 unspecified atom stereocenters. The first kappa shape index (κ1) is 26.8. The molecule has 1 saturated carbocycles. The smallest absolute Gasteiger partial charge is 0.252 e. The molecule has 2 fully saturated rings. The number of aliphatic hydroxyl groups is 1. The lowest BCUT2D eigenvalue weighted by molar-refractivity contribution is -0.167. The number of piperidine rings is 1. The van der Waals surface area contributed by atoms with Crippen LogP contribution in [-0.2, 0) is 21.4 Å². The second-order valence-corrected chi connectivity index (χ2v) is 12.5. The summed E-state index contributed by atoms with van der Waals surface area (Å²) in [5, 5.41) is 40.8. The van der Waals surface area contributed by atoms with E-state index in [0.29, 0.717) is 42.1 Å². The van der Waals surface area contributed by atoms with Gasteiger partial charge in [0.15, 0.2) is 11.5 Å². The number of nitrogens with one attached hydrogen (secondary N) is 2. The molecule has 1 heterocycles. The molecule has 40 heavy (non-hydrogen) atoms. The van der Waals surface area contributed by atoms with Crippen molar-refractivity contribution in [1.82, 2.24) is 10.2 Å². The number of rotatable bonds is 6. The van der Waals surface area contributed by atoms with Crippen LogP contribution in [0.5, 0.6) is 11.5 Å². The van der Waals surface area contributed by atoms with Crippen LogP contribution in [0.15, 0.2) is 53.6 Å². The number of carbonyl (C=O) groups excluding carboxylic acids is 2. The maximum atomic E-state index is 14.0. The van der Waals surface area contributed by atoms with E-state index in [9.17, 15) is 24.9 Å². The van der Waals surface area contributed by atoms with E-state index in [1.54, 1.807) is 12.1 Å². The molecule has 0 spiro atoms. The molecular weight excluding hydrogens is 506 g/mol. The van der Waals surface area contributed by atoms with Gasteiger partial charge in [-0.25, -0.2) is 0 Å². The molecule has 212 valence electrons. The van der Waals surface area contributed by atoms with Crippen molar-refractivity contribution in [3.8, 4) is 11.5 Å². The van der Waals surface area contributed by atoms with Gasteiger partial charge in [0.2, 0.25) is 5.91 Å². The molecule has 1 saturated heterocycles. The molecule has 2 bridgehead atoms. The van der Waals surface area contributed by atoms with Gasteiger partial charge in [0.25, 0.3) is 5.91 Å². The number of aromatic hydroxyl groups is 2. The summed E-state index contributed by atoms with van der Waals surface area (Å²) in [4.78, 5) is 30.1. The first-order valence-electron chi connectivity index (χ1n) is 14.5. The van der Waals surface area contributed by atoms with Crippen LogP contribution in [0.25, 0.3) is 0 Å². The molecule has 5 N–H and O–H groups in total. The van der Waals surface area contributed by atoms with Crippen LogP contribution in [0.4, 0.5) is 5.69 Å². The Bertz CT molecular complexity index is 1380. The summed E-state index contributed by atoms with van der Waals surface area (Å²) in [7, 11) is 0. The number of para-hydroxylation sites is 1. The molecule has 2 amide bonds. The third-order valence-electron chi connectivity index (χ3n) is 9.76. The standard InChI is InChI=1S/C32H39N3O5/c1-18(2)33-29(38)23-16-32(40)25-15-21-11-12-24(36)28(37)27(21)31(32,13-14-35(25)17-20-9-10-20)19(3)26(23)30(39)34-22-7-5-4-6-8-22/h4-8,11-12,18-20,25,36-37,40H,9-10,13-17H2,1-3H3,(H,33,38)(H,34,39)/t19-,25+,31+,32+/m0/s1. The summed E-state index contributed by atoms with van der Waals surface area (Å²) < 4.78 is 0. The van der Waals surface area contributed by atoms with Crippen LogP contribution in [0, 0.1) is 11.8 Å². The zero-order valence-electron chi connectivity index (χ0n) is 23.4. The van der Waals surface area contributed by atoms with Crippen molar-refractivity contribution in [2.45, 2.75) is 76.0 Å². The zero-order valence-corrected chi connectivity index (χ0v) is 23.4. The number of amides is 2. The lowest BCUT2D eigenvalue weighted by atomic mass is 9.45. The zero-order chi connectivity index (χ0) is 28.4. The number of likely N-dealkylation sites (tertiary alicyclic amines) is 1. The normalized spacial score (nSPS) is 29.5. The molecule has 0 radical (unpaired) electrons. The monoisotopic (exact) mass is 545 g/mol. The van der Waals surface area contributed by atoms with E-state index in [-0.39, 0.29) is 41.5 Å². The van der Waals surface area contributed by atoms with Crippen molar-refractivity contribution in [2.75, 3.05) is 18.4 Å². The van der Waals surface area contributed by atoms with Gasteiger partial charge in [-0.15, -0.1) is 0 Å². The summed E-state index contributed by atoms with van der Waals surface area (Å²) in [5.41, 5.74) is 0.0897. The fourth-order valence-corrected chi connectivity index (χ4v) is 7.84. The minimum atomic E-state index is -1.43. The molecule has 8 nitrogen and oxygen atoms in total. The molecule has 1 aliphatic heterocycles. The van der Waals surface area contributed by atoms with Gasteiger partial charge in [0, 0.05) is 52.9 Å². The van der Waals surface area contributed by atoms with Crippen LogP contribution < -0.4 is 10.6 Å². The average molecular weight is 546 g/mol. The maximum absolute atomic E-state index is 14.0. The molecule has 2 aromatic carbocycles. The molecule has 4 atom stereocenters. The Kier molecular flexibility index (Phi) is 6.46. The van der Waals surface area contributed by atoms with Crippen molar-refractivity contribution in [3.63, 3.8) is 0 Å². The average Bonchev–Trinajstić information content (AvgIpc) is 3.72. The first-order valence-corrected chi connectivity index (χ1v) is 14.5. The highest BCUT2D eigenvalue weighted by atomic mass is 16.3. The van der Waals surface area contributed by atoms with E-state index in [2.05, 4.69) is 15.5 Å². The molecular formula is C32H39N3O5. The van der Waals surface area contributed by atoms with Gasteiger partial charge < -0.3 is 26.0 Å². The number of carbonyl (C=O) groups is 2. The van der Waals surface area contributed by atoms with Gasteiger partial charge in [-0.3, -0.25) is 14.5 Å². The Hall–Kier alpha value is -3.36. The van der Waals surface area contributed by atoms with Crippen molar-refractivity contribution in [2.24, 2.45) is 11.8 Å². The van der Waals surface area contributed by atoms with Crippen molar-refractivity contribution in [1.29, 1.82) is 0 Å². The molecule has 0 aromatic heterocycles. The minimum Gasteiger partial charge on any atom is -0.504 e. The van der Waals surface area contributed by atoms with Gasteiger partial charge in [-0.2, -0.15) is 0 Å². The number of phenolic OH excluding ortho intramolecular Hbond substituents is 2. The topological polar surface area (TPSA) is 122 Å². The van der Waals surface area contributed by atoms with Crippen molar-refractivity contribution < 1.29 is 24.9 Å². The third kappa shape index (κ3) is 4.03. The van der Waals surface area contributed by atoms with E-state index in [4.69, 9.17) is 0 Å². The Morgan fingerprint density at radius 1 is 1.07 bits per heavy atom. The lowest BCUT2D eigenvalue weighted by Crippen LogP contribution is -2.75. The second-order valence-electron chi connectivity index (χ2n) is 12.5. The van der Waals surface area contributed by atoms with Crippen molar-refractivity contribution in [3.05, 3.63) is 64.7 Å². The molecule has 4 aliphatic rings. The number of benzene rings is 2. The summed E-state index contributed by atoms with van der Waals surface area (Å²) in [5.74, 6) is -1.26. The predicted octanol–water partition coefficient (Wildman–Crippen LogP) is 3.61. The van der Waals surface area contributed by atoms with Crippen molar-refractivity contribution >= 4 is 17.5 Å². The Labute approximate surface area is 235 Å². The Morgan fingerprint density at radius 2 is 1.80 bits per heavy atom. The molecule has 6 rings (SSSR count).